The molecule has 0 radical (unpaired) electrons. The molecule has 14 heavy (non-hydrogen) atoms. The molecule has 1 fully saturated rings. The van der Waals surface area contributed by atoms with Gasteiger partial charge < -0.3 is 10.6 Å². The fourth-order valence-corrected chi connectivity index (χ4v) is 2.12. The molecule has 1 rings (SSSR count). The Labute approximate surface area is 86.9 Å². The molecule has 3 nitrogen and oxygen atoms in total. The van der Waals surface area contributed by atoms with Gasteiger partial charge in [0.25, 0.3) is 0 Å². The number of rotatable bonds is 5. The van der Waals surface area contributed by atoms with Crippen LogP contribution < -0.4 is 5.73 Å². The highest BCUT2D eigenvalue weighted by Crippen LogP contribution is 2.19. The van der Waals surface area contributed by atoms with Crippen molar-refractivity contribution >= 4 is 0 Å². The lowest BCUT2D eigenvalue weighted by molar-refractivity contribution is 0.179. The van der Waals surface area contributed by atoms with Crippen LogP contribution in [0.1, 0.15) is 32.1 Å². The molecule has 80 valence electrons. The topological polar surface area (TPSA) is 53.0 Å². The zero-order valence-electron chi connectivity index (χ0n) is 8.91. The van der Waals surface area contributed by atoms with E-state index in [-0.39, 0.29) is 0 Å². The minimum Gasteiger partial charge on any atom is -0.330 e. The van der Waals surface area contributed by atoms with Gasteiger partial charge in [-0.05, 0) is 57.8 Å². The van der Waals surface area contributed by atoms with Crippen LogP contribution in [0.25, 0.3) is 0 Å². The van der Waals surface area contributed by atoms with Crippen LogP contribution in [0.2, 0.25) is 0 Å². The van der Waals surface area contributed by atoms with E-state index in [1.165, 1.54) is 32.4 Å². The van der Waals surface area contributed by atoms with Crippen LogP contribution in [0, 0.1) is 17.2 Å². The Balaban J connectivity index is 2.07. The maximum atomic E-state index is 8.43. The maximum absolute atomic E-state index is 8.43. The summed E-state index contributed by atoms with van der Waals surface area (Å²) < 4.78 is 0. The minimum absolute atomic E-state index is 0.697. The smallest absolute Gasteiger partial charge is 0.0622 e. The summed E-state index contributed by atoms with van der Waals surface area (Å²) in [5.41, 5.74) is 5.54. The van der Waals surface area contributed by atoms with Gasteiger partial charge in [-0.2, -0.15) is 5.26 Å². The second kappa shape index (κ2) is 6.80. The Morgan fingerprint density at radius 2 is 2.07 bits per heavy atom. The van der Waals surface area contributed by atoms with Crippen LogP contribution in [0.5, 0.6) is 0 Å². The Hall–Kier alpha value is -0.590. The van der Waals surface area contributed by atoms with Gasteiger partial charge >= 0.3 is 0 Å². The number of piperidine rings is 1. The van der Waals surface area contributed by atoms with Gasteiger partial charge in [-0.25, -0.2) is 0 Å². The summed E-state index contributed by atoms with van der Waals surface area (Å²) >= 11 is 0. The summed E-state index contributed by atoms with van der Waals surface area (Å²) in [5.74, 6) is 0.854. The van der Waals surface area contributed by atoms with Gasteiger partial charge in [0.2, 0.25) is 0 Å². The average molecular weight is 195 g/mol. The Kier molecular flexibility index (Phi) is 5.58. The van der Waals surface area contributed by atoms with Gasteiger partial charge in [0.15, 0.2) is 0 Å². The molecule has 1 aliphatic heterocycles. The predicted octanol–water partition coefficient (Wildman–Crippen LogP) is 1.35. The molecule has 0 bridgehead atoms. The molecule has 3 heteroatoms. The molecule has 1 aliphatic rings. The number of hydrogen-bond donors (Lipinski definition) is 1. The van der Waals surface area contributed by atoms with E-state index in [4.69, 9.17) is 11.0 Å². The van der Waals surface area contributed by atoms with E-state index < -0.39 is 0 Å². The van der Waals surface area contributed by atoms with E-state index in [9.17, 15) is 0 Å². The lowest BCUT2D eigenvalue weighted by atomic mass is 9.93. The first-order chi connectivity index (χ1) is 6.86. The van der Waals surface area contributed by atoms with Gasteiger partial charge in [0, 0.05) is 6.42 Å². The van der Waals surface area contributed by atoms with E-state index in [0.717, 1.165) is 25.4 Å². The molecule has 0 spiro atoms. The van der Waals surface area contributed by atoms with Crippen molar-refractivity contribution in [2.45, 2.75) is 32.1 Å². The Morgan fingerprint density at radius 3 is 2.64 bits per heavy atom. The molecule has 0 atom stereocenters. The number of nitrogens with zero attached hydrogens (tertiary/aromatic N) is 2. The van der Waals surface area contributed by atoms with Crippen molar-refractivity contribution in [1.29, 1.82) is 5.26 Å². The normalized spacial score (nSPS) is 19.4. The predicted molar refractivity (Wildman–Crippen MR) is 57.7 cm³/mol. The monoisotopic (exact) mass is 195 g/mol. The van der Waals surface area contributed by atoms with E-state index in [0.29, 0.717) is 6.42 Å². The lowest BCUT2D eigenvalue weighted by Gasteiger charge is -2.31. The summed E-state index contributed by atoms with van der Waals surface area (Å²) in [5, 5.41) is 8.43. The van der Waals surface area contributed by atoms with Crippen molar-refractivity contribution in [3.63, 3.8) is 0 Å². The van der Waals surface area contributed by atoms with Crippen LogP contribution in [-0.2, 0) is 0 Å². The standard InChI is InChI=1S/C11H21N3/c12-6-1-2-8-14-9-4-11(3-7-13)5-10-14/h11H,1-5,7-10,13H2. The molecule has 0 unspecified atom stereocenters. The zero-order valence-corrected chi connectivity index (χ0v) is 8.91. The highest BCUT2D eigenvalue weighted by atomic mass is 15.1. The third-order valence-electron chi connectivity index (χ3n) is 3.04. The van der Waals surface area contributed by atoms with Crippen molar-refractivity contribution in [2.75, 3.05) is 26.2 Å². The van der Waals surface area contributed by atoms with Crippen LogP contribution in [0.4, 0.5) is 0 Å². The fraction of sp³-hybridized carbons (Fsp3) is 0.909. The fourth-order valence-electron chi connectivity index (χ4n) is 2.12. The van der Waals surface area contributed by atoms with Crippen molar-refractivity contribution in [3.05, 3.63) is 0 Å². The van der Waals surface area contributed by atoms with Gasteiger partial charge in [-0.1, -0.05) is 0 Å². The first kappa shape index (κ1) is 11.5. The summed E-state index contributed by atoms with van der Waals surface area (Å²) in [6.45, 7) is 4.34. The molecule has 0 aromatic carbocycles. The number of nitrogens with two attached hydrogens (primary N) is 1. The van der Waals surface area contributed by atoms with Gasteiger partial charge in [0.05, 0.1) is 6.07 Å². The second-order valence-electron chi connectivity index (χ2n) is 4.12. The maximum Gasteiger partial charge on any atom is 0.0622 e. The first-order valence-corrected chi connectivity index (χ1v) is 5.66. The third-order valence-corrected chi connectivity index (χ3v) is 3.04. The molecular weight excluding hydrogens is 174 g/mol. The molecular formula is C11H21N3. The average Bonchev–Trinajstić information content (AvgIpc) is 2.21. The minimum atomic E-state index is 0.697. The molecule has 2 N–H and O–H groups in total. The van der Waals surface area contributed by atoms with Gasteiger partial charge in [-0.15, -0.1) is 0 Å². The second-order valence-corrected chi connectivity index (χ2v) is 4.12. The summed E-state index contributed by atoms with van der Waals surface area (Å²) in [7, 11) is 0. The van der Waals surface area contributed by atoms with E-state index in [2.05, 4.69) is 11.0 Å². The molecule has 0 saturated carbocycles. The summed E-state index contributed by atoms with van der Waals surface area (Å²) in [6.07, 6.45) is 5.50. The largest absolute Gasteiger partial charge is 0.330 e. The number of likely N-dealkylation sites (tertiary alicyclic amines) is 1. The number of nitriles is 1. The van der Waals surface area contributed by atoms with Crippen molar-refractivity contribution in [2.24, 2.45) is 11.7 Å². The highest BCUT2D eigenvalue weighted by molar-refractivity contribution is 4.74. The molecule has 1 saturated heterocycles. The van der Waals surface area contributed by atoms with E-state index in [1.807, 2.05) is 0 Å². The Bertz CT molecular complexity index is 177. The van der Waals surface area contributed by atoms with Crippen molar-refractivity contribution < 1.29 is 0 Å². The zero-order chi connectivity index (χ0) is 10.2. The third kappa shape index (κ3) is 4.08. The molecule has 0 amide bonds. The lowest BCUT2D eigenvalue weighted by Crippen LogP contribution is -2.34. The Morgan fingerprint density at radius 1 is 1.36 bits per heavy atom. The SMILES string of the molecule is N#CCCCN1CCC(CCN)CC1. The first-order valence-electron chi connectivity index (χ1n) is 5.66. The molecule has 0 aromatic rings. The van der Waals surface area contributed by atoms with Crippen molar-refractivity contribution in [1.82, 2.24) is 4.90 Å². The quantitative estimate of drug-likeness (QED) is 0.674. The molecule has 1 heterocycles. The van der Waals surface area contributed by atoms with E-state index >= 15 is 0 Å². The van der Waals surface area contributed by atoms with E-state index in [1.54, 1.807) is 0 Å². The van der Waals surface area contributed by atoms with Crippen LogP contribution >= 0.6 is 0 Å². The van der Waals surface area contributed by atoms with Gasteiger partial charge in [-0.3, -0.25) is 0 Å². The molecule has 0 aliphatic carbocycles. The summed E-state index contributed by atoms with van der Waals surface area (Å²) in [6, 6.07) is 2.19. The number of unbranched alkanes of at least 4 members (excludes halogenated alkanes) is 1. The van der Waals surface area contributed by atoms with Crippen LogP contribution in [-0.4, -0.2) is 31.1 Å². The van der Waals surface area contributed by atoms with Gasteiger partial charge in [0.1, 0.15) is 0 Å². The number of hydrogen-bond acceptors (Lipinski definition) is 3. The summed E-state index contributed by atoms with van der Waals surface area (Å²) in [4.78, 5) is 2.48. The highest BCUT2D eigenvalue weighted by Gasteiger charge is 2.17. The van der Waals surface area contributed by atoms with Crippen LogP contribution in [0.15, 0.2) is 0 Å². The van der Waals surface area contributed by atoms with Crippen molar-refractivity contribution in [3.8, 4) is 6.07 Å². The van der Waals surface area contributed by atoms with Crippen LogP contribution in [0.3, 0.4) is 0 Å². The molecule has 0 aromatic heterocycles.